The van der Waals surface area contributed by atoms with Crippen LogP contribution in [-0.2, 0) is 9.59 Å². The summed E-state index contributed by atoms with van der Waals surface area (Å²) in [5.41, 5.74) is 8.27. The normalized spacial score (nSPS) is 11.0. The first-order valence-corrected chi connectivity index (χ1v) is 12.4. The zero-order valence-electron chi connectivity index (χ0n) is 19.6. The molecule has 0 aliphatic heterocycles. The van der Waals surface area contributed by atoms with Gasteiger partial charge in [-0.05, 0) is 72.5 Å². The molecule has 0 aliphatic carbocycles. The third-order valence-corrected chi connectivity index (χ3v) is 5.72. The number of carbonyl (C=O) groups is 2. The summed E-state index contributed by atoms with van der Waals surface area (Å²) in [5, 5.41) is 7.89. The number of ether oxygens (including phenoxy) is 2. The summed E-state index contributed by atoms with van der Waals surface area (Å²) in [6, 6.07) is 18.3. The van der Waals surface area contributed by atoms with Crippen molar-refractivity contribution >= 4 is 56.1 Å². The highest BCUT2D eigenvalue weighted by molar-refractivity contribution is 9.10. The minimum absolute atomic E-state index is 0.144. The second kappa shape index (κ2) is 13.6. The van der Waals surface area contributed by atoms with Crippen LogP contribution in [0.2, 0.25) is 0 Å². The van der Waals surface area contributed by atoms with Gasteiger partial charge in [0.2, 0.25) is 0 Å². The van der Waals surface area contributed by atoms with Gasteiger partial charge in [0.1, 0.15) is 11.5 Å². The molecule has 36 heavy (non-hydrogen) atoms. The van der Waals surface area contributed by atoms with E-state index in [-0.39, 0.29) is 25.0 Å². The van der Waals surface area contributed by atoms with Crippen molar-refractivity contribution in [2.75, 3.05) is 13.2 Å². The van der Waals surface area contributed by atoms with Gasteiger partial charge in [0, 0.05) is 8.95 Å². The molecule has 0 aliphatic rings. The molecule has 0 saturated heterocycles. The minimum Gasteiger partial charge on any atom is -0.483 e. The Hall–Kier alpha value is -3.50. The van der Waals surface area contributed by atoms with Gasteiger partial charge in [-0.1, -0.05) is 56.1 Å². The lowest BCUT2D eigenvalue weighted by molar-refractivity contribution is -0.123. The topological polar surface area (TPSA) is 101 Å². The Labute approximate surface area is 226 Å². The number of amides is 2. The molecule has 0 unspecified atom stereocenters. The molecule has 0 spiro atoms. The van der Waals surface area contributed by atoms with Crippen molar-refractivity contribution in [1.29, 1.82) is 0 Å². The first-order chi connectivity index (χ1) is 17.3. The molecule has 2 N–H and O–H groups in total. The van der Waals surface area contributed by atoms with Crippen molar-refractivity contribution < 1.29 is 19.1 Å². The van der Waals surface area contributed by atoms with Gasteiger partial charge in [0.25, 0.3) is 11.8 Å². The molecule has 8 nitrogen and oxygen atoms in total. The first-order valence-electron chi connectivity index (χ1n) is 10.8. The van der Waals surface area contributed by atoms with E-state index >= 15 is 0 Å². The van der Waals surface area contributed by atoms with E-state index in [1.807, 2.05) is 38.1 Å². The smallest absolute Gasteiger partial charge is 0.277 e. The lowest BCUT2D eigenvalue weighted by Gasteiger charge is -2.08. The summed E-state index contributed by atoms with van der Waals surface area (Å²) in [7, 11) is 0. The summed E-state index contributed by atoms with van der Waals surface area (Å²) in [5.74, 6) is 0.538. The van der Waals surface area contributed by atoms with Crippen molar-refractivity contribution in [2.24, 2.45) is 10.2 Å². The van der Waals surface area contributed by atoms with Crippen LogP contribution in [0.25, 0.3) is 0 Å². The molecule has 3 aromatic rings. The maximum Gasteiger partial charge on any atom is 0.277 e. The number of halogens is 2. The van der Waals surface area contributed by atoms with Gasteiger partial charge < -0.3 is 9.47 Å². The summed E-state index contributed by atoms with van der Waals surface area (Å²) < 4.78 is 12.9. The number of nitrogens with one attached hydrogen (secondary N) is 2. The number of rotatable bonds is 10. The molecule has 3 rings (SSSR count). The molecule has 10 heteroatoms. The molecule has 2 amide bonds. The molecule has 0 saturated carbocycles. The standard InChI is InChI=1S/C26H24Br2N4O4/c1-17-11-21(27)7-9-23(17)35-15-25(33)31-29-13-19-3-5-20(6-4-19)14-30-32-26(34)16-36-24-10-8-22(28)12-18(24)2/h3-14H,15-16H2,1-2H3,(H,31,33)(H,32,34). The van der Waals surface area contributed by atoms with E-state index in [0.29, 0.717) is 11.5 Å². The highest BCUT2D eigenvalue weighted by atomic mass is 79.9. The molecule has 3 aromatic carbocycles. The molecule has 0 atom stereocenters. The van der Waals surface area contributed by atoms with Crippen molar-refractivity contribution in [3.63, 3.8) is 0 Å². The Balaban J connectivity index is 1.39. The SMILES string of the molecule is Cc1cc(Br)ccc1OCC(=O)NN=Cc1ccc(C=NNC(=O)COc2ccc(Br)cc2C)cc1. The Morgan fingerprint density at radius 1 is 0.722 bits per heavy atom. The fourth-order valence-corrected chi connectivity index (χ4v) is 3.88. The largest absolute Gasteiger partial charge is 0.483 e. The number of aryl methyl sites for hydroxylation is 2. The van der Waals surface area contributed by atoms with Crippen LogP contribution in [0, 0.1) is 13.8 Å². The Bertz CT molecular complexity index is 1180. The number of hydrazone groups is 2. The van der Waals surface area contributed by atoms with Crippen LogP contribution in [0.1, 0.15) is 22.3 Å². The summed E-state index contributed by atoms with van der Waals surface area (Å²) in [4.78, 5) is 23.9. The number of nitrogens with zero attached hydrogens (tertiary/aromatic N) is 2. The van der Waals surface area contributed by atoms with Gasteiger partial charge in [-0.2, -0.15) is 10.2 Å². The maximum absolute atomic E-state index is 11.9. The van der Waals surface area contributed by atoms with Crippen molar-refractivity contribution in [3.05, 3.63) is 91.9 Å². The molecule has 0 radical (unpaired) electrons. The van der Waals surface area contributed by atoms with E-state index in [1.54, 1.807) is 36.4 Å². The Morgan fingerprint density at radius 3 is 1.47 bits per heavy atom. The molecule has 0 fully saturated rings. The molecular formula is C26H24Br2N4O4. The lowest BCUT2D eigenvalue weighted by Crippen LogP contribution is -2.24. The molecule has 186 valence electrons. The minimum atomic E-state index is -0.368. The fourth-order valence-electron chi connectivity index (χ4n) is 2.93. The van der Waals surface area contributed by atoms with Gasteiger partial charge in [-0.15, -0.1) is 0 Å². The van der Waals surface area contributed by atoms with E-state index < -0.39 is 0 Å². The van der Waals surface area contributed by atoms with Crippen LogP contribution in [0.4, 0.5) is 0 Å². The Morgan fingerprint density at radius 2 is 1.11 bits per heavy atom. The third-order valence-electron chi connectivity index (χ3n) is 4.73. The zero-order valence-corrected chi connectivity index (χ0v) is 22.8. The molecule has 0 bridgehead atoms. The molecular weight excluding hydrogens is 592 g/mol. The second-order valence-electron chi connectivity index (χ2n) is 7.65. The van der Waals surface area contributed by atoms with Crippen LogP contribution >= 0.6 is 31.9 Å². The summed E-state index contributed by atoms with van der Waals surface area (Å²) in [6.45, 7) is 3.52. The van der Waals surface area contributed by atoms with Crippen LogP contribution < -0.4 is 20.3 Å². The molecule has 0 heterocycles. The number of hydrogen-bond acceptors (Lipinski definition) is 6. The monoisotopic (exact) mass is 614 g/mol. The van der Waals surface area contributed by atoms with Gasteiger partial charge in [0.05, 0.1) is 12.4 Å². The first kappa shape index (κ1) is 27.1. The zero-order chi connectivity index (χ0) is 25.9. The van der Waals surface area contributed by atoms with Gasteiger partial charge >= 0.3 is 0 Å². The third kappa shape index (κ3) is 8.94. The fraction of sp³-hybridized carbons (Fsp3) is 0.154. The van der Waals surface area contributed by atoms with Crippen LogP contribution in [0.5, 0.6) is 11.5 Å². The number of benzene rings is 3. The Kier molecular flexibility index (Phi) is 10.2. The second-order valence-corrected chi connectivity index (χ2v) is 9.48. The predicted molar refractivity (Wildman–Crippen MR) is 147 cm³/mol. The molecule has 0 aromatic heterocycles. The van der Waals surface area contributed by atoms with Crippen LogP contribution in [-0.4, -0.2) is 37.5 Å². The van der Waals surface area contributed by atoms with E-state index in [0.717, 1.165) is 31.2 Å². The summed E-state index contributed by atoms with van der Waals surface area (Å²) in [6.07, 6.45) is 3.04. The highest BCUT2D eigenvalue weighted by Crippen LogP contribution is 2.22. The van der Waals surface area contributed by atoms with Crippen molar-refractivity contribution in [3.8, 4) is 11.5 Å². The van der Waals surface area contributed by atoms with Gasteiger partial charge in [-0.25, -0.2) is 10.9 Å². The van der Waals surface area contributed by atoms with E-state index in [2.05, 4.69) is 52.9 Å². The lowest BCUT2D eigenvalue weighted by atomic mass is 10.2. The van der Waals surface area contributed by atoms with Crippen molar-refractivity contribution in [2.45, 2.75) is 13.8 Å². The quantitative estimate of drug-likeness (QED) is 0.251. The van der Waals surface area contributed by atoms with Gasteiger partial charge in [-0.3, -0.25) is 9.59 Å². The van der Waals surface area contributed by atoms with Crippen molar-refractivity contribution in [1.82, 2.24) is 10.9 Å². The van der Waals surface area contributed by atoms with Crippen LogP contribution in [0.3, 0.4) is 0 Å². The number of carbonyl (C=O) groups excluding carboxylic acids is 2. The van der Waals surface area contributed by atoms with E-state index in [4.69, 9.17) is 9.47 Å². The number of hydrogen-bond donors (Lipinski definition) is 2. The van der Waals surface area contributed by atoms with Crippen LogP contribution in [0.15, 0.2) is 79.8 Å². The summed E-state index contributed by atoms with van der Waals surface area (Å²) >= 11 is 6.78. The van der Waals surface area contributed by atoms with Gasteiger partial charge in [0.15, 0.2) is 13.2 Å². The maximum atomic E-state index is 11.9. The van der Waals surface area contributed by atoms with E-state index in [9.17, 15) is 9.59 Å². The average Bonchev–Trinajstić information content (AvgIpc) is 2.84. The average molecular weight is 616 g/mol. The predicted octanol–water partition coefficient (Wildman–Crippen LogP) is 4.89. The van der Waals surface area contributed by atoms with E-state index in [1.165, 1.54) is 12.4 Å². The highest BCUT2D eigenvalue weighted by Gasteiger charge is 2.05.